The van der Waals surface area contributed by atoms with E-state index in [-0.39, 0.29) is 23.8 Å². The van der Waals surface area contributed by atoms with E-state index in [4.69, 9.17) is 0 Å². The highest BCUT2D eigenvalue weighted by Gasteiger charge is 2.45. The molecule has 0 saturated heterocycles. The molecule has 162 valence electrons. The Morgan fingerprint density at radius 2 is 1.94 bits per heavy atom. The minimum absolute atomic E-state index is 0.0887. The Morgan fingerprint density at radius 3 is 2.58 bits per heavy atom. The lowest BCUT2D eigenvalue weighted by Crippen LogP contribution is -2.41. The molecule has 4 rings (SSSR count). The molecule has 3 aromatic rings. The molecular weight excluding hydrogens is 408 g/mol. The average Bonchev–Trinajstić information content (AvgIpc) is 3.44. The maximum atomic E-state index is 13.1. The van der Waals surface area contributed by atoms with Crippen molar-refractivity contribution >= 4 is 23.2 Å². The largest absolute Gasteiger partial charge is 0.343 e. The van der Waals surface area contributed by atoms with Gasteiger partial charge in [0.2, 0.25) is 5.91 Å². The quantitative estimate of drug-likeness (QED) is 0.600. The maximum Gasteiger partial charge on any atom is 0.251 e. The minimum Gasteiger partial charge on any atom is -0.343 e. The van der Waals surface area contributed by atoms with Crippen molar-refractivity contribution in [2.75, 3.05) is 0 Å². The summed E-state index contributed by atoms with van der Waals surface area (Å²) < 4.78 is 0. The smallest absolute Gasteiger partial charge is 0.251 e. The van der Waals surface area contributed by atoms with Crippen LogP contribution in [0.5, 0.6) is 0 Å². The van der Waals surface area contributed by atoms with Gasteiger partial charge in [0, 0.05) is 16.0 Å². The number of aromatic amines is 1. The van der Waals surface area contributed by atoms with Crippen molar-refractivity contribution in [1.82, 2.24) is 20.4 Å². The van der Waals surface area contributed by atoms with E-state index < -0.39 is 5.54 Å². The van der Waals surface area contributed by atoms with Crippen molar-refractivity contribution in [2.24, 2.45) is 5.92 Å². The van der Waals surface area contributed by atoms with Gasteiger partial charge in [-0.3, -0.25) is 14.7 Å². The molecule has 2 N–H and O–H groups in total. The van der Waals surface area contributed by atoms with Crippen molar-refractivity contribution in [3.63, 3.8) is 0 Å². The van der Waals surface area contributed by atoms with Crippen LogP contribution < -0.4 is 5.32 Å². The second kappa shape index (κ2) is 8.30. The van der Waals surface area contributed by atoms with Gasteiger partial charge in [-0.25, -0.2) is 0 Å². The van der Waals surface area contributed by atoms with Crippen LogP contribution >= 0.6 is 11.3 Å². The number of aromatic nitrogens is 2. The molecular formula is C24H28N4O2S. The van der Waals surface area contributed by atoms with E-state index in [9.17, 15) is 9.59 Å². The average molecular weight is 437 g/mol. The fourth-order valence-electron chi connectivity index (χ4n) is 4.23. The zero-order valence-corrected chi connectivity index (χ0v) is 19.1. The molecule has 0 spiro atoms. The summed E-state index contributed by atoms with van der Waals surface area (Å²) in [5, 5.41) is 12.9. The highest BCUT2D eigenvalue weighted by atomic mass is 32.1. The van der Waals surface area contributed by atoms with Crippen LogP contribution in [-0.4, -0.2) is 26.9 Å². The highest BCUT2D eigenvalue weighted by molar-refractivity contribution is 7.10. The van der Waals surface area contributed by atoms with Gasteiger partial charge in [-0.15, -0.1) is 11.3 Å². The van der Waals surface area contributed by atoms with Crippen LogP contribution in [-0.2, 0) is 23.3 Å². The molecule has 1 aliphatic heterocycles. The van der Waals surface area contributed by atoms with Gasteiger partial charge in [-0.05, 0) is 43.3 Å². The third-order valence-electron chi connectivity index (χ3n) is 5.98. The lowest BCUT2D eigenvalue weighted by atomic mass is 9.94. The number of carbonyl (C=O) groups excluding carboxylic acids is 2. The first kappa shape index (κ1) is 21.3. The molecule has 0 bridgehead atoms. The van der Waals surface area contributed by atoms with Gasteiger partial charge >= 0.3 is 0 Å². The summed E-state index contributed by atoms with van der Waals surface area (Å²) in [6.07, 6.45) is 0.392. The second-order valence-electron chi connectivity index (χ2n) is 8.82. The number of thiophene rings is 1. The van der Waals surface area contributed by atoms with Crippen molar-refractivity contribution in [3.05, 3.63) is 75.2 Å². The number of hydrogen-bond acceptors (Lipinski definition) is 4. The summed E-state index contributed by atoms with van der Waals surface area (Å²) >= 11 is 1.60. The lowest BCUT2D eigenvalue weighted by molar-refractivity contribution is -0.135. The van der Waals surface area contributed by atoms with Gasteiger partial charge in [-0.2, -0.15) is 5.10 Å². The Morgan fingerprint density at radius 1 is 1.19 bits per heavy atom. The summed E-state index contributed by atoms with van der Waals surface area (Å²) in [7, 11) is 0. The zero-order chi connectivity index (χ0) is 22.2. The number of H-pyrrole nitrogens is 1. The van der Waals surface area contributed by atoms with Gasteiger partial charge in [0.15, 0.2) is 0 Å². The summed E-state index contributed by atoms with van der Waals surface area (Å²) in [6.45, 7) is 8.69. The van der Waals surface area contributed by atoms with Gasteiger partial charge in [0.25, 0.3) is 5.91 Å². The normalized spacial score (nSPS) is 15.7. The van der Waals surface area contributed by atoms with E-state index in [2.05, 4.69) is 29.4 Å². The molecule has 1 aliphatic rings. The van der Waals surface area contributed by atoms with Gasteiger partial charge in [0.1, 0.15) is 0 Å². The van der Waals surface area contributed by atoms with Crippen LogP contribution in [0.1, 0.15) is 65.9 Å². The number of benzene rings is 1. The Hall–Kier alpha value is -2.93. The summed E-state index contributed by atoms with van der Waals surface area (Å²) in [6, 6.07) is 12.9. The van der Waals surface area contributed by atoms with Gasteiger partial charge < -0.3 is 10.2 Å². The number of hydrogen-bond donors (Lipinski definition) is 2. The zero-order valence-electron chi connectivity index (χ0n) is 18.3. The van der Waals surface area contributed by atoms with Gasteiger partial charge in [-0.1, -0.05) is 38.1 Å². The summed E-state index contributed by atoms with van der Waals surface area (Å²) in [4.78, 5) is 28.9. The molecule has 7 heteroatoms. The first-order chi connectivity index (χ1) is 14.8. The fraction of sp³-hybridized carbons (Fsp3) is 0.375. The van der Waals surface area contributed by atoms with Crippen LogP contribution in [0.3, 0.4) is 0 Å². The van der Waals surface area contributed by atoms with E-state index in [0.29, 0.717) is 18.5 Å². The summed E-state index contributed by atoms with van der Waals surface area (Å²) in [5.74, 6) is 0.118. The first-order valence-corrected chi connectivity index (χ1v) is 11.4. The fourth-order valence-corrected chi connectivity index (χ4v) is 4.93. The van der Waals surface area contributed by atoms with Crippen molar-refractivity contribution in [3.8, 4) is 0 Å². The van der Waals surface area contributed by atoms with Crippen LogP contribution in [0.4, 0.5) is 0 Å². The number of nitrogens with one attached hydrogen (secondary N) is 2. The number of nitrogens with zero attached hydrogens (tertiary/aromatic N) is 2. The standard InChI is InChI=1S/C24H28N4O2S/c1-15(2)20(25-23(30)16-9-6-5-7-10-16)21-18-14-28(24(3,4)22(18)27-26-21)19(29)13-17-11-8-12-31-17/h5-12,15,20H,13-14H2,1-4H3,(H,25,30)(H,26,27). The second-order valence-corrected chi connectivity index (χ2v) is 9.85. The Balaban J connectivity index is 1.59. The van der Waals surface area contributed by atoms with E-state index >= 15 is 0 Å². The molecule has 0 saturated carbocycles. The lowest BCUT2D eigenvalue weighted by Gasteiger charge is -2.31. The maximum absolute atomic E-state index is 13.1. The molecule has 1 atom stereocenters. The SMILES string of the molecule is CC(C)C(NC(=O)c1ccccc1)c1[nH]nc2c1CN(C(=O)Cc1cccs1)C2(C)C. The van der Waals surface area contributed by atoms with Gasteiger partial charge in [0.05, 0.1) is 35.9 Å². The predicted octanol–water partition coefficient (Wildman–Crippen LogP) is 4.42. The first-order valence-electron chi connectivity index (χ1n) is 10.6. The minimum atomic E-state index is -0.511. The van der Waals surface area contributed by atoms with Crippen molar-refractivity contribution in [2.45, 2.75) is 52.2 Å². The molecule has 2 aromatic heterocycles. The highest BCUT2D eigenvalue weighted by Crippen LogP contribution is 2.41. The number of carbonyl (C=O) groups is 2. The Labute approximate surface area is 186 Å². The molecule has 0 radical (unpaired) electrons. The third kappa shape index (κ3) is 4.02. The van der Waals surface area contributed by atoms with Crippen molar-refractivity contribution in [1.29, 1.82) is 0 Å². The van der Waals surface area contributed by atoms with Crippen LogP contribution in [0.2, 0.25) is 0 Å². The molecule has 0 aliphatic carbocycles. The molecule has 1 unspecified atom stereocenters. The number of amides is 2. The van der Waals surface area contributed by atoms with Crippen LogP contribution in [0.25, 0.3) is 0 Å². The number of rotatable bonds is 6. The predicted molar refractivity (Wildman–Crippen MR) is 122 cm³/mol. The summed E-state index contributed by atoms with van der Waals surface area (Å²) in [5.41, 5.74) is 2.88. The van der Waals surface area contributed by atoms with E-state index in [1.807, 2.05) is 54.5 Å². The van der Waals surface area contributed by atoms with E-state index in [0.717, 1.165) is 21.8 Å². The number of fused-ring (bicyclic) bond motifs is 1. The molecule has 3 heterocycles. The van der Waals surface area contributed by atoms with Crippen LogP contribution in [0.15, 0.2) is 47.8 Å². The third-order valence-corrected chi connectivity index (χ3v) is 6.85. The Bertz CT molecular complexity index is 1070. The topological polar surface area (TPSA) is 78.1 Å². The van der Waals surface area contributed by atoms with Crippen LogP contribution in [0, 0.1) is 5.92 Å². The monoisotopic (exact) mass is 436 g/mol. The molecule has 1 aromatic carbocycles. The van der Waals surface area contributed by atoms with E-state index in [1.165, 1.54) is 0 Å². The molecule has 6 nitrogen and oxygen atoms in total. The molecule has 31 heavy (non-hydrogen) atoms. The van der Waals surface area contributed by atoms with Crippen molar-refractivity contribution < 1.29 is 9.59 Å². The van der Waals surface area contributed by atoms with E-state index in [1.54, 1.807) is 23.5 Å². The molecule has 0 fully saturated rings. The Kier molecular flexibility index (Phi) is 5.71. The molecule has 2 amide bonds.